The van der Waals surface area contributed by atoms with Gasteiger partial charge in [-0.1, -0.05) is 0 Å². The molecule has 1 radical (unpaired) electrons. The summed E-state index contributed by atoms with van der Waals surface area (Å²) in [6.45, 7) is 1.39. The van der Waals surface area contributed by atoms with Crippen LogP contribution in [0.1, 0.15) is 6.92 Å². The predicted octanol–water partition coefficient (Wildman–Crippen LogP) is 1.61. The second-order valence-corrected chi connectivity index (χ2v) is 1.03. The van der Waals surface area contributed by atoms with E-state index in [1.54, 1.807) is 0 Å². The Morgan fingerprint density at radius 3 is 1.09 bits per heavy atom. The topological polar surface area (TPSA) is 40.5 Å². The molecule has 2 N–H and O–H groups in total. The van der Waals surface area contributed by atoms with Gasteiger partial charge in [0.1, 0.15) is 0 Å². The SMILES string of the molecule is CC(O)CO.[CH3-].[CH3-].[CH3-].[CH3-].[CH3-].[Sc]. The third-order valence-corrected chi connectivity index (χ3v) is 0.264. The van der Waals surface area contributed by atoms with E-state index in [1.807, 2.05) is 0 Å². The first-order valence-electron chi connectivity index (χ1n) is 1.56. The van der Waals surface area contributed by atoms with E-state index in [0.29, 0.717) is 0 Å². The van der Waals surface area contributed by atoms with Gasteiger partial charge < -0.3 is 47.3 Å². The first-order valence-corrected chi connectivity index (χ1v) is 1.56. The van der Waals surface area contributed by atoms with Crippen LogP contribution in [-0.2, 0) is 25.8 Å². The Kier molecular flexibility index (Phi) is 245. The van der Waals surface area contributed by atoms with Crippen molar-refractivity contribution < 1.29 is 36.1 Å². The molecule has 75 valence electrons. The van der Waals surface area contributed by atoms with E-state index in [1.165, 1.54) is 6.92 Å². The van der Waals surface area contributed by atoms with Gasteiger partial charge in [-0.2, -0.15) is 0 Å². The van der Waals surface area contributed by atoms with Gasteiger partial charge in [0.25, 0.3) is 0 Å². The normalized spacial score (nSPS) is 6.82. The molecule has 0 rings (SSSR count). The van der Waals surface area contributed by atoms with Gasteiger partial charge in [0.2, 0.25) is 0 Å². The first kappa shape index (κ1) is 59.8. The summed E-state index contributed by atoms with van der Waals surface area (Å²) in [5.41, 5.74) is 0. The summed E-state index contributed by atoms with van der Waals surface area (Å²) in [6.07, 6.45) is -0.560. The van der Waals surface area contributed by atoms with Crippen molar-refractivity contribution in [2.75, 3.05) is 6.61 Å². The van der Waals surface area contributed by atoms with Crippen LogP contribution >= 0.6 is 0 Å². The van der Waals surface area contributed by atoms with Crippen molar-refractivity contribution >= 4 is 0 Å². The molecule has 0 saturated heterocycles. The van der Waals surface area contributed by atoms with Crippen molar-refractivity contribution in [3.63, 3.8) is 0 Å². The zero-order valence-corrected chi connectivity index (χ0v) is 10.6. The maximum atomic E-state index is 8.11. The van der Waals surface area contributed by atoms with Crippen molar-refractivity contribution in [1.82, 2.24) is 0 Å². The molecule has 0 spiro atoms. The van der Waals surface area contributed by atoms with E-state index in [9.17, 15) is 0 Å². The number of hydrogen-bond acceptors (Lipinski definition) is 2. The average Bonchev–Trinajstić information content (AvgIpc) is 1.38. The van der Waals surface area contributed by atoms with Gasteiger partial charge in [0.05, 0.1) is 12.7 Å². The summed E-state index contributed by atoms with van der Waals surface area (Å²) < 4.78 is 0. The van der Waals surface area contributed by atoms with Crippen LogP contribution in [0.4, 0.5) is 0 Å². The molecule has 0 aromatic rings. The molecule has 0 saturated carbocycles. The molecule has 0 aliphatic rings. The first-order chi connectivity index (χ1) is 2.27. The molecule has 2 nitrogen and oxygen atoms in total. The van der Waals surface area contributed by atoms with Gasteiger partial charge in [-0.3, -0.25) is 0 Å². The van der Waals surface area contributed by atoms with Crippen LogP contribution in [-0.4, -0.2) is 22.9 Å². The largest absolute Gasteiger partial charge is 0.394 e. The van der Waals surface area contributed by atoms with E-state index >= 15 is 0 Å². The van der Waals surface area contributed by atoms with Crippen LogP contribution in [0.15, 0.2) is 0 Å². The molecule has 0 aliphatic carbocycles. The van der Waals surface area contributed by atoms with Crippen LogP contribution < -0.4 is 0 Å². The van der Waals surface area contributed by atoms with Crippen molar-refractivity contribution in [2.24, 2.45) is 0 Å². The molecule has 1 unspecified atom stereocenters. The maximum Gasteiger partial charge on any atom is 0.0742 e. The molecule has 0 fully saturated rings. The predicted molar refractivity (Wildman–Crippen MR) is 50.8 cm³/mol. The Bertz CT molecular complexity index is 26.1. The molecule has 0 aromatic heterocycles. The number of aliphatic hydroxyl groups excluding tert-OH is 2. The van der Waals surface area contributed by atoms with Gasteiger partial charge in [0, 0.05) is 25.8 Å². The fourth-order valence-electron chi connectivity index (χ4n) is 0. The summed E-state index contributed by atoms with van der Waals surface area (Å²) in [6, 6.07) is 0. The second-order valence-electron chi connectivity index (χ2n) is 1.03. The molecule has 11 heavy (non-hydrogen) atoms. The number of rotatable bonds is 1. The zero-order chi connectivity index (χ0) is 4.28. The number of hydrogen-bond donors (Lipinski definition) is 2. The molecule has 0 aliphatic heterocycles. The monoisotopic (exact) mass is 196 g/mol. The van der Waals surface area contributed by atoms with Crippen LogP contribution in [0.3, 0.4) is 0 Å². The second kappa shape index (κ2) is 45.1. The molecule has 0 amide bonds. The molecule has 1 atom stereocenters. The van der Waals surface area contributed by atoms with Crippen molar-refractivity contribution in [1.29, 1.82) is 0 Å². The molecule has 0 bridgehead atoms. The Morgan fingerprint density at radius 2 is 1.09 bits per heavy atom. The zero-order valence-electron chi connectivity index (χ0n) is 8.76. The van der Waals surface area contributed by atoms with E-state index in [-0.39, 0.29) is 69.6 Å². The van der Waals surface area contributed by atoms with Gasteiger partial charge >= 0.3 is 0 Å². The van der Waals surface area contributed by atoms with Gasteiger partial charge in [-0.15, -0.1) is 0 Å². The van der Waals surface area contributed by atoms with Gasteiger partial charge in [-0.25, -0.2) is 0 Å². The summed E-state index contributed by atoms with van der Waals surface area (Å²) in [5, 5.41) is 16.0. The molecule has 0 heterocycles. The Labute approximate surface area is 92.8 Å². The minimum Gasteiger partial charge on any atom is -0.394 e. The molecule has 3 heteroatoms. The average molecular weight is 196 g/mol. The summed E-state index contributed by atoms with van der Waals surface area (Å²) >= 11 is 0. The fraction of sp³-hybridized carbons (Fsp3) is 0.375. The van der Waals surface area contributed by atoms with E-state index < -0.39 is 6.10 Å². The molecular weight excluding hydrogens is 173 g/mol. The molecular formula is C8H23O2Sc-5. The maximum absolute atomic E-state index is 8.11. The third-order valence-electron chi connectivity index (χ3n) is 0.264. The van der Waals surface area contributed by atoms with E-state index in [4.69, 9.17) is 10.2 Å². The van der Waals surface area contributed by atoms with E-state index in [2.05, 4.69) is 0 Å². The van der Waals surface area contributed by atoms with Gasteiger partial charge in [-0.05, 0) is 6.92 Å². The van der Waals surface area contributed by atoms with Crippen LogP contribution in [0.2, 0.25) is 0 Å². The summed E-state index contributed by atoms with van der Waals surface area (Å²) in [7, 11) is 0. The third kappa shape index (κ3) is 107. The van der Waals surface area contributed by atoms with Crippen LogP contribution in [0.5, 0.6) is 0 Å². The van der Waals surface area contributed by atoms with Crippen LogP contribution in [0, 0.1) is 37.1 Å². The van der Waals surface area contributed by atoms with Crippen molar-refractivity contribution in [3.05, 3.63) is 37.1 Å². The fourth-order valence-corrected chi connectivity index (χ4v) is 0. The van der Waals surface area contributed by atoms with Crippen molar-refractivity contribution in [3.8, 4) is 0 Å². The number of aliphatic hydroxyl groups is 2. The minimum atomic E-state index is -0.560. The summed E-state index contributed by atoms with van der Waals surface area (Å²) in [5.74, 6) is 0. The smallest absolute Gasteiger partial charge is 0.0742 e. The van der Waals surface area contributed by atoms with Gasteiger partial charge in [0.15, 0.2) is 0 Å². The van der Waals surface area contributed by atoms with Crippen LogP contribution in [0.25, 0.3) is 0 Å². The van der Waals surface area contributed by atoms with E-state index in [0.717, 1.165) is 0 Å². The van der Waals surface area contributed by atoms with Crippen molar-refractivity contribution in [2.45, 2.75) is 13.0 Å². The summed E-state index contributed by atoms with van der Waals surface area (Å²) in [4.78, 5) is 0. The Hall–Kier alpha value is 0.790. The molecule has 0 aromatic carbocycles. The Balaban J connectivity index is -0.00000000533. The quantitative estimate of drug-likeness (QED) is 0.625. The minimum absolute atomic E-state index is 0. The standard InChI is InChI=1S/C3H8O2.5CH3.Sc/c1-3(5)2-4;;;;;;/h3-5H,2H2,1H3;5*1H3;/q;5*-1;. The Morgan fingerprint density at radius 1 is 1.00 bits per heavy atom.